The molecule has 0 aliphatic carbocycles. The third-order valence-electron chi connectivity index (χ3n) is 6.16. The smallest absolute Gasteiger partial charge is 0.339 e. The highest BCUT2D eigenvalue weighted by atomic mass is 19.4. The van der Waals surface area contributed by atoms with Gasteiger partial charge in [-0.05, 0) is 37.6 Å². The Bertz CT molecular complexity index is 1030. The van der Waals surface area contributed by atoms with Gasteiger partial charge in [0.1, 0.15) is 6.17 Å². The summed E-state index contributed by atoms with van der Waals surface area (Å²) in [4.78, 5) is 16.8. The van der Waals surface area contributed by atoms with Crippen molar-refractivity contribution in [2.24, 2.45) is 5.92 Å². The number of hydrazine groups is 1. The zero-order valence-electron chi connectivity index (χ0n) is 17.2. The normalized spacial score (nSPS) is 24.3. The monoisotopic (exact) mass is 448 g/mol. The van der Waals surface area contributed by atoms with Crippen LogP contribution >= 0.6 is 0 Å². The quantitative estimate of drug-likeness (QED) is 0.658. The lowest BCUT2D eigenvalue weighted by Gasteiger charge is -2.38. The van der Waals surface area contributed by atoms with E-state index in [0.717, 1.165) is 43.8 Å². The summed E-state index contributed by atoms with van der Waals surface area (Å²) in [6.45, 7) is 2.32. The number of carbonyl (C=O) groups is 1. The summed E-state index contributed by atoms with van der Waals surface area (Å²) < 4.78 is 44.4. The number of hydrogen-bond donors (Lipinski definition) is 3. The number of piperidine rings is 1. The lowest BCUT2D eigenvalue weighted by Crippen LogP contribution is -2.53. The Hall–Kier alpha value is -2.92. The van der Waals surface area contributed by atoms with E-state index in [1.165, 1.54) is 6.07 Å². The average molecular weight is 448 g/mol. The fourth-order valence-corrected chi connectivity index (χ4v) is 4.58. The van der Waals surface area contributed by atoms with Crippen molar-refractivity contribution < 1.29 is 22.5 Å². The summed E-state index contributed by atoms with van der Waals surface area (Å²) in [6.07, 6.45) is -1.09. The molecule has 1 aromatic heterocycles. The van der Waals surface area contributed by atoms with Crippen LogP contribution in [-0.2, 0) is 17.4 Å². The molecular formula is C21H23F3N6O2. The average Bonchev–Trinajstić information content (AvgIpc) is 3.40. The van der Waals surface area contributed by atoms with Crippen molar-refractivity contribution >= 4 is 5.91 Å². The van der Waals surface area contributed by atoms with Gasteiger partial charge >= 0.3 is 6.18 Å². The number of nitrogens with one attached hydrogen (secondary N) is 3. The van der Waals surface area contributed by atoms with E-state index in [1.54, 1.807) is 12.1 Å². The van der Waals surface area contributed by atoms with E-state index in [0.29, 0.717) is 23.8 Å². The van der Waals surface area contributed by atoms with Crippen LogP contribution in [0.1, 0.15) is 41.6 Å². The van der Waals surface area contributed by atoms with Gasteiger partial charge in [0.05, 0.1) is 11.5 Å². The molecular weight excluding hydrogens is 425 g/mol. The highest BCUT2D eigenvalue weighted by Gasteiger charge is 2.44. The number of amides is 1. The van der Waals surface area contributed by atoms with Gasteiger partial charge < -0.3 is 15.2 Å². The second-order valence-electron chi connectivity index (χ2n) is 8.31. The van der Waals surface area contributed by atoms with Gasteiger partial charge in [-0.15, -0.1) is 0 Å². The van der Waals surface area contributed by atoms with E-state index in [9.17, 15) is 18.0 Å². The molecule has 32 heavy (non-hydrogen) atoms. The molecule has 5 rings (SSSR count). The minimum atomic E-state index is -4.41. The fourth-order valence-electron chi connectivity index (χ4n) is 4.58. The molecule has 2 aromatic rings. The summed E-state index contributed by atoms with van der Waals surface area (Å²) in [5.41, 5.74) is 4.03. The fraction of sp³-hybridized carbons (Fsp3) is 0.476. The van der Waals surface area contributed by atoms with Gasteiger partial charge in [-0.2, -0.15) is 18.2 Å². The Kier molecular flexibility index (Phi) is 5.38. The first-order valence-corrected chi connectivity index (χ1v) is 10.6. The van der Waals surface area contributed by atoms with Gasteiger partial charge in [-0.3, -0.25) is 9.80 Å². The SMILES string of the molecule is O=C1C=C(C2CCNCC2)N2NCC(c3nc(Cc4cccc(C(F)(F)F)c4)no3)C2N1. The zero-order chi connectivity index (χ0) is 22.3. The second-order valence-corrected chi connectivity index (χ2v) is 8.31. The molecule has 1 amide bonds. The Balaban J connectivity index is 1.32. The number of aromatic nitrogens is 2. The molecule has 0 radical (unpaired) electrons. The van der Waals surface area contributed by atoms with Crippen molar-refractivity contribution in [2.45, 2.75) is 37.5 Å². The predicted molar refractivity (Wildman–Crippen MR) is 107 cm³/mol. The molecule has 0 bridgehead atoms. The largest absolute Gasteiger partial charge is 0.416 e. The van der Waals surface area contributed by atoms with Crippen LogP contribution in [-0.4, -0.2) is 46.9 Å². The number of alkyl halides is 3. The highest BCUT2D eigenvalue weighted by Crippen LogP contribution is 2.35. The van der Waals surface area contributed by atoms with Crippen molar-refractivity contribution in [3.05, 3.63) is 58.9 Å². The minimum absolute atomic E-state index is 0.120. The molecule has 3 aliphatic rings. The Morgan fingerprint density at radius 3 is 2.81 bits per heavy atom. The number of carbonyl (C=O) groups excluding carboxylic acids is 1. The first-order valence-electron chi connectivity index (χ1n) is 10.6. The molecule has 3 N–H and O–H groups in total. The Morgan fingerprint density at radius 2 is 2.03 bits per heavy atom. The molecule has 0 spiro atoms. The maximum Gasteiger partial charge on any atom is 0.416 e. The lowest BCUT2D eigenvalue weighted by molar-refractivity contribution is -0.137. The molecule has 8 nitrogen and oxygen atoms in total. The van der Waals surface area contributed by atoms with Crippen LogP contribution in [0.3, 0.4) is 0 Å². The summed E-state index contributed by atoms with van der Waals surface area (Å²) in [7, 11) is 0. The van der Waals surface area contributed by atoms with Crippen LogP contribution in [0.5, 0.6) is 0 Å². The van der Waals surface area contributed by atoms with Gasteiger partial charge in [0.15, 0.2) is 5.82 Å². The van der Waals surface area contributed by atoms with Gasteiger partial charge in [0.2, 0.25) is 11.8 Å². The van der Waals surface area contributed by atoms with Gasteiger partial charge in [-0.25, -0.2) is 5.43 Å². The number of rotatable bonds is 4. The number of benzene rings is 1. The predicted octanol–water partition coefficient (Wildman–Crippen LogP) is 1.92. The number of nitrogens with zero attached hydrogens (tertiary/aromatic N) is 3. The zero-order valence-corrected chi connectivity index (χ0v) is 17.2. The standard InChI is InChI=1S/C21H23F3N6O2/c22-21(23,24)14-3-1-2-12(8-14)9-17-27-20(32-29-17)15-11-26-30-16(10-18(31)28-19(15)30)13-4-6-25-7-5-13/h1-3,8,10,13,15,19,25-26H,4-7,9,11H2,(H,28,31). The molecule has 2 fully saturated rings. The third-order valence-corrected chi connectivity index (χ3v) is 6.16. The van der Waals surface area contributed by atoms with Crippen LogP contribution < -0.4 is 16.1 Å². The van der Waals surface area contributed by atoms with Crippen molar-refractivity contribution in [1.29, 1.82) is 0 Å². The molecule has 11 heteroatoms. The summed E-state index contributed by atoms with van der Waals surface area (Å²) in [5, 5.41) is 12.2. The summed E-state index contributed by atoms with van der Waals surface area (Å²) in [6, 6.07) is 5.08. The molecule has 0 saturated carbocycles. The van der Waals surface area contributed by atoms with E-state index in [4.69, 9.17) is 4.52 Å². The maximum absolute atomic E-state index is 13.0. The highest BCUT2D eigenvalue weighted by molar-refractivity contribution is 5.89. The molecule has 2 atom stereocenters. The number of allylic oxidation sites excluding steroid dienone is 1. The van der Waals surface area contributed by atoms with Crippen molar-refractivity contribution in [3.8, 4) is 0 Å². The van der Waals surface area contributed by atoms with E-state index < -0.39 is 11.7 Å². The number of fused-ring (bicyclic) bond motifs is 1. The molecule has 1 aromatic carbocycles. The van der Waals surface area contributed by atoms with Crippen LogP contribution in [0.25, 0.3) is 0 Å². The first kappa shape index (κ1) is 21.0. The summed E-state index contributed by atoms with van der Waals surface area (Å²) >= 11 is 0. The first-order chi connectivity index (χ1) is 15.4. The van der Waals surface area contributed by atoms with Gasteiger partial charge in [-0.1, -0.05) is 23.4 Å². The molecule has 4 heterocycles. The number of hydrogen-bond acceptors (Lipinski definition) is 7. The number of halogens is 3. The van der Waals surface area contributed by atoms with E-state index in [-0.39, 0.29) is 30.3 Å². The molecule has 2 saturated heterocycles. The second kappa shape index (κ2) is 8.21. The van der Waals surface area contributed by atoms with Gasteiger partial charge in [0.25, 0.3) is 0 Å². The van der Waals surface area contributed by atoms with Crippen molar-refractivity contribution in [2.75, 3.05) is 19.6 Å². The van der Waals surface area contributed by atoms with Crippen LogP contribution in [0, 0.1) is 5.92 Å². The van der Waals surface area contributed by atoms with E-state index >= 15 is 0 Å². The van der Waals surface area contributed by atoms with Crippen LogP contribution in [0.15, 0.2) is 40.6 Å². The third kappa shape index (κ3) is 4.09. The minimum Gasteiger partial charge on any atom is -0.339 e. The molecule has 170 valence electrons. The topological polar surface area (TPSA) is 95.3 Å². The molecule has 2 unspecified atom stereocenters. The molecule has 3 aliphatic heterocycles. The Morgan fingerprint density at radius 1 is 1.22 bits per heavy atom. The maximum atomic E-state index is 13.0. The lowest BCUT2D eigenvalue weighted by atomic mass is 9.92. The van der Waals surface area contributed by atoms with Crippen LogP contribution in [0.2, 0.25) is 0 Å². The van der Waals surface area contributed by atoms with E-state index in [1.807, 2.05) is 5.01 Å². The van der Waals surface area contributed by atoms with Crippen molar-refractivity contribution in [1.82, 2.24) is 31.2 Å². The Labute approximate surface area is 182 Å². The van der Waals surface area contributed by atoms with Crippen molar-refractivity contribution in [3.63, 3.8) is 0 Å². The summed E-state index contributed by atoms with van der Waals surface area (Å²) in [5.74, 6) is 0.507. The van der Waals surface area contributed by atoms with Crippen LogP contribution in [0.4, 0.5) is 13.2 Å². The van der Waals surface area contributed by atoms with E-state index in [2.05, 4.69) is 26.2 Å². The van der Waals surface area contributed by atoms with Gasteiger partial charge in [0, 0.05) is 30.7 Å².